The van der Waals surface area contributed by atoms with Crippen LogP contribution in [0, 0.1) is 6.92 Å². The minimum Gasteiger partial charge on any atom is -0.350 e. The number of rotatable bonds is 5. The number of carbonyl (C=O) groups excluding carboxylic acids is 2. The number of hydrogen-bond donors (Lipinski definition) is 1. The van der Waals surface area contributed by atoms with Crippen LogP contribution >= 0.6 is 0 Å². The SMILES string of the molecule is CC(=O)N1CCC[C@H]1c1cncc(CNC(=O)Cc2ccccc2C)n1. The lowest BCUT2D eigenvalue weighted by Crippen LogP contribution is -2.29. The summed E-state index contributed by atoms with van der Waals surface area (Å²) in [6.45, 7) is 4.68. The van der Waals surface area contributed by atoms with Crippen LogP contribution in [0.15, 0.2) is 36.7 Å². The van der Waals surface area contributed by atoms with Crippen molar-refractivity contribution in [1.29, 1.82) is 0 Å². The van der Waals surface area contributed by atoms with E-state index in [1.54, 1.807) is 19.3 Å². The minimum atomic E-state index is -0.0438. The molecule has 6 nitrogen and oxygen atoms in total. The lowest BCUT2D eigenvalue weighted by Gasteiger charge is -2.22. The van der Waals surface area contributed by atoms with Crippen molar-refractivity contribution in [2.24, 2.45) is 0 Å². The zero-order chi connectivity index (χ0) is 18.5. The van der Waals surface area contributed by atoms with Crippen molar-refractivity contribution in [3.63, 3.8) is 0 Å². The summed E-state index contributed by atoms with van der Waals surface area (Å²) in [7, 11) is 0. The summed E-state index contributed by atoms with van der Waals surface area (Å²) in [4.78, 5) is 34.7. The molecular weight excluding hydrogens is 328 g/mol. The maximum Gasteiger partial charge on any atom is 0.224 e. The predicted molar refractivity (Wildman–Crippen MR) is 98.1 cm³/mol. The predicted octanol–water partition coefficient (Wildman–Crippen LogP) is 2.33. The summed E-state index contributed by atoms with van der Waals surface area (Å²) in [6, 6.07) is 7.85. The van der Waals surface area contributed by atoms with Crippen LogP contribution in [0.1, 0.15) is 48.3 Å². The molecule has 1 aliphatic heterocycles. The first-order valence-corrected chi connectivity index (χ1v) is 8.94. The normalized spacial score (nSPS) is 16.5. The van der Waals surface area contributed by atoms with Gasteiger partial charge < -0.3 is 10.2 Å². The van der Waals surface area contributed by atoms with Crippen molar-refractivity contribution in [3.05, 3.63) is 59.2 Å². The Morgan fingerprint density at radius 2 is 2.08 bits per heavy atom. The van der Waals surface area contributed by atoms with Gasteiger partial charge in [-0.1, -0.05) is 24.3 Å². The molecule has 1 aliphatic rings. The van der Waals surface area contributed by atoms with Crippen LogP contribution in [0.2, 0.25) is 0 Å². The zero-order valence-electron chi connectivity index (χ0n) is 15.2. The summed E-state index contributed by atoms with van der Waals surface area (Å²) in [5, 5.41) is 2.90. The number of aryl methyl sites for hydroxylation is 1. The molecule has 6 heteroatoms. The lowest BCUT2D eigenvalue weighted by atomic mass is 10.1. The highest BCUT2D eigenvalue weighted by Crippen LogP contribution is 2.30. The van der Waals surface area contributed by atoms with Crippen LogP contribution in [0.25, 0.3) is 0 Å². The highest BCUT2D eigenvalue weighted by atomic mass is 16.2. The molecule has 0 bridgehead atoms. The molecule has 0 spiro atoms. The van der Waals surface area contributed by atoms with Gasteiger partial charge in [0, 0.05) is 13.5 Å². The van der Waals surface area contributed by atoms with E-state index in [4.69, 9.17) is 0 Å². The maximum absolute atomic E-state index is 12.2. The van der Waals surface area contributed by atoms with Crippen LogP contribution in [0.4, 0.5) is 0 Å². The second-order valence-corrected chi connectivity index (χ2v) is 6.69. The third kappa shape index (κ3) is 4.25. The minimum absolute atomic E-state index is 0.0115. The summed E-state index contributed by atoms with van der Waals surface area (Å²) in [6.07, 6.45) is 5.59. The van der Waals surface area contributed by atoms with Crippen LogP contribution in [-0.2, 0) is 22.6 Å². The Kier molecular flexibility index (Phi) is 5.61. The Hall–Kier alpha value is -2.76. The van der Waals surface area contributed by atoms with Gasteiger partial charge in [0.05, 0.1) is 42.8 Å². The number of nitrogens with one attached hydrogen (secondary N) is 1. The van der Waals surface area contributed by atoms with Crippen LogP contribution < -0.4 is 5.32 Å². The average Bonchev–Trinajstić information content (AvgIpc) is 3.12. The van der Waals surface area contributed by atoms with Gasteiger partial charge in [0.1, 0.15) is 0 Å². The smallest absolute Gasteiger partial charge is 0.224 e. The molecule has 1 aromatic carbocycles. The van der Waals surface area contributed by atoms with Gasteiger partial charge in [-0.15, -0.1) is 0 Å². The molecule has 2 aromatic rings. The molecule has 1 aromatic heterocycles. The first-order valence-electron chi connectivity index (χ1n) is 8.94. The lowest BCUT2D eigenvalue weighted by molar-refractivity contribution is -0.129. The number of carbonyl (C=O) groups is 2. The molecular formula is C20H24N4O2. The largest absolute Gasteiger partial charge is 0.350 e. The van der Waals surface area contributed by atoms with Gasteiger partial charge in [0.15, 0.2) is 0 Å². The Morgan fingerprint density at radius 3 is 2.85 bits per heavy atom. The molecule has 2 amide bonds. The molecule has 3 rings (SSSR count). The fourth-order valence-corrected chi connectivity index (χ4v) is 3.35. The molecule has 0 radical (unpaired) electrons. The third-order valence-corrected chi connectivity index (χ3v) is 4.78. The fraction of sp³-hybridized carbons (Fsp3) is 0.400. The van der Waals surface area contributed by atoms with Crippen LogP contribution in [-0.4, -0.2) is 33.2 Å². The van der Waals surface area contributed by atoms with E-state index in [2.05, 4.69) is 15.3 Å². The second-order valence-electron chi connectivity index (χ2n) is 6.69. The van der Waals surface area contributed by atoms with Gasteiger partial charge >= 0.3 is 0 Å². The second kappa shape index (κ2) is 8.08. The number of benzene rings is 1. The summed E-state index contributed by atoms with van der Waals surface area (Å²) in [5.41, 5.74) is 3.63. The standard InChI is InChI=1S/C20H24N4O2/c1-14-6-3-4-7-16(14)10-20(26)22-12-17-11-21-13-18(23-17)19-8-5-9-24(19)15(2)25/h3-4,6-7,11,13,19H,5,8-10,12H2,1-2H3,(H,22,26)/t19-/m0/s1. The number of nitrogens with zero attached hydrogens (tertiary/aromatic N) is 3. The van der Waals surface area contributed by atoms with Gasteiger partial charge in [-0.25, -0.2) is 0 Å². The van der Waals surface area contributed by atoms with Crippen molar-refractivity contribution in [1.82, 2.24) is 20.2 Å². The topological polar surface area (TPSA) is 75.2 Å². The number of amides is 2. The van der Waals surface area contributed by atoms with E-state index in [9.17, 15) is 9.59 Å². The van der Waals surface area contributed by atoms with E-state index in [1.165, 1.54) is 0 Å². The van der Waals surface area contributed by atoms with Crippen molar-refractivity contribution in [2.75, 3.05) is 6.54 Å². The Balaban J connectivity index is 1.61. The zero-order valence-corrected chi connectivity index (χ0v) is 15.2. The quantitative estimate of drug-likeness (QED) is 0.896. The maximum atomic E-state index is 12.2. The number of likely N-dealkylation sites (tertiary alicyclic amines) is 1. The van der Waals surface area contributed by atoms with E-state index in [0.717, 1.165) is 36.2 Å². The highest BCUT2D eigenvalue weighted by molar-refractivity contribution is 5.78. The molecule has 2 heterocycles. The van der Waals surface area contributed by atoms with Gasteiger partial charge in [-0.3, -0.25) is 19.6 Å². The van der Waals surface area contributed by atoms with E-state index in [-0.39, 0.29) is 17.9 Å². The fourth-order valence-electron chi connectivity index (χ4n) is 3.35. The molecule has 1 atom stereocenters. The first kappa shape index (κ1) is 18.0. The van der Waals surface area contributed by atoms with E-state index in [0.29, 0.717) is 18.7 Å². The Labute approximate surface area is 153 Å². The van der Waals surface area contributed by atoms with Crippen LogP contribution in [0.5, 0.6) is 0 Å². The van der Waals surface area contributed by atoms with Crippen molar-refractivity contribution in [3.8, 4) is 0 Å². The van der Waals surface area contributed by atoms with Crippen LogP contribution in [0.3, 0.4) is 0 Å². The highest BCUT2D eigenvalue weighted by Gasteiger charge is 2.29. The van der Waals surface area contributed by atoms with Crippen molar-refractivity contribution < 1.29 is 9.59 Å². The monoisotopic (exact) mass is 352 g/mol. The molecule has 0 unspecified atom stereocenters. The molecule has 26 heavy (non-hydrogen) atoms. The summed E-state index contributed by atoms with van der Waals surface area (Å²) < 4.78 is 0. The molecule has 1 fully saturated rings. The van der Waals surface area contributed by atoms with E-state index < -0.39 is 0 Å². The Bertz CT molecular complexity index is 806. The summed E-state index contributed by atoms with van der Waals surface area (Å²) >= 11 is 0. The van der Waals surface area contributed by atoms with Gasteiger partial charge in [0.2, 0.25) is 11.8 Å². The van der Waals surface area contributed by atoms with Gasteiger partial charge in [-0.05, 0) is 30.9 Å². The molecule has 136 valence electrons. The van der Waals surface area contributed by atoms with E-state index in [1.807, 2.05) is 36.1 Å². The first-order chi connectivity index (χ1) is 12.5. The molecule has 0 saturated carbocycles. The van der Waals surface area contributed by atoms with Gasteiger partial charge in [-0.2, -0.15) is 0 Å². The summed E-state index contributed by atoms with van der Waals surface area (Å²) in [5.74, 6) is 0.0176. The van der Waals surface area contributed by atoms with Gasteiger partial charge in [0.25, 0.3) is 0 Å². The third-order valence-electron chi connectivity index (χ3n) is 4.78. The Morgan fingerprint density at radius 1 is 1.27 bits per heavy atom. The number of hydrogen-bond acceptors (Lipinski definition) is 4. The average molecular weight is 352 g/mol. The molecule has 1 N–H and O–H groups in total. The van der Waals surface area contributed by atoms with E-state index >= 15 is 0 Å². The molecule has 0 aliphatic carbocycles. The van der Waals surface area contributed by atoms with Crippen molar-refractivity contribution in [2.45, 2.75) is 45.7 Å². The molecule has 1 saturated heterocycles. The van der Waals surface area contributed by atoms with Crippen molar-refractivity contribution >= 4 is 11.8 Å². The number of aromatic nitrogens is 2.